The van der Waals surface area contributed by atoms with E-state index >= 15 is 0 Å². The van der Waals surface area contributed by atoms with E-state index in [1.807, 2.05) is 0 Å². The summed E-state index contributed by atoms with van der Waals surface area (Å²) >= 11 is 0. The van der Waals surface area contributed by atoms with Crippen molar-refractivity contribution in [2.24, 2.45) is 5.92 Å². The first-order valence-corrected chi connectivity index (χ1v) is 8.60. The number of ether oxygens (including phenoxy) is 1. The second kappa shape index (κ2) is 7.63. The van der Waals surface area contributed by atoms with Crippen LogP contribution >= 0.6 is 0 Å². The van der Waals surface area contributed by atoms with Crippen molar-refractivity contribution in [1.29, 1.82) is 0 Å². The molecule has 0 saturated carbocycles. The minimum Gasteiger partial charge on any atom is -0.495 e. The lowest BCUT2D eigenvalue weighted by Crippen LogP contribution is -2.44. The van der Waals surface area contributed by atoms with Crippen molar-refractivity contribution in [3.63, 3.8) is 0 Å². The lowest BCUT2D eigenvalue weighted by atomic mass is 10.0. The molecular weight excluding hydrogens is 336 g/mol. The van der Waals surface area contributed by atoms with Gasteiger partial charge in [0, 0.05) is 19.7 Å². The summed E-state index contributed by atoms with van der Waals surface area (Å²) in [4.78, 5) is 23.3. The molecule has 0 saturated heterocycles. The van der Waals surface area contributed by atoms with Gasteiger partial charge in [-0.1, -0.05) is 13.8 Å². The van der Waals surface area contributed by atoms with E-state index in [0.29, 0.717) is 0 Å². The topological polar surface area (TPSA) is 113 Å². The normalized spacial score (nSPS) is 13.0. The minimum atomic E-state index is -3.82. The Kier molecular flexibility index (Phi) is 6.33. The molecule has 0 aromatic heterocycles. The number of rotatable bonds is 7. The molecule has 0 heterocycles. The van der Waals surface area contributed by atoms with Crippen molar-refractivity contribution < 1.29 is 27.9 Å². The molecule has 24 heavy (non-hydrogen) atoms. The lowest BCUT2D eigenvalue weighted by Gasteiger charge is -2.19. The van der Waals surface area contributed by atoms with E-state index < -0.39 is 27.9 Å². The molecule has 0 aliphatic heterocycles. The number of benzene rings is 1. The van der Waals surface area contributed by atoms with E-state index in [9.17, 15) is 18.0 Å². The number of sulfonamides is 1. The Hall–Kier alpha value is -2.13. The van der Waals surface area contributed by atoms with Gasteiger partial charge in [0.1, 0.15) is 16.7 Å². The second-order valence-corrected chi connectivity index (χ2v) is 7.81. The van der Waals surface area contributed by atoms with Crippen molar-refractivity contribution in [3.05, 3.63) is 23.8 Å². The van der Waals surface area contributed by atoms with Crippen LogP contribution in [0.25, 0.3) is 0 Å². The predicted octanol–water partition coefficient (Wildman–Crippen LogP) is 0.784. The molecule has 9 heteroatoms. The Balaban J connectivity index is 3.28. The van der Waals surface area contributed by atoms with Gasteiger partial charge in [-0.3, -0.25) is 4.79 Å². The van der Waals surface area contributed by atoms with Crippen molar-refractivity contribution in [1.82, 2.24) is 9.62 Å². The largest absolute Gasteiger partial charge is 0.495 e. The SMILES string of the molecule is COc1ccc(C(=O)N[C@@H](C(=O)O)C(C)C)cc1S(=O)(=O)N(C)C. The maximum absolute atomic E-state index is 12.3. The van der Waals surface area contributed by atoms with Gasteiger partial charge in [0.05, 0.1) is 7.11 Å². The summed E-state index contributed by atoms with van der Waals surface area (Å²) in [5.41, 5.74) is 0.0307. The predicted molar refractivity (Wildman–Crippen MR) is 87.6 cm³/mol. The number of nitrogens with zero attached hydrogens (tertiary/aromatic N) is 1. The third kappa shape index (κ3) is 4.24. The zero-order valence-electron chi connectivity index (χ0n) is 14.2. The van der Waals surface area contributed by atoms with E-state index in [4.69, 9.17) is 9.84 Å². The van der Waals surface area contributed by atoms with Gasteiger partial charge in [-0.05, 0) is 24.1 Å². The standard InChI is InChI=1S/C15H22N2O6S/c1-9(2)13(15(19)20)16-14(18)10-6-7-11(23-5)12(8-10)24(21,22)17(3)4/h6-9,13H,1-5H3,(H,16,18)(H,19,20)/t13-/m1/s1. The van der Waals surface area contributed by atoms with Gasteiger partial charge in [-0.2, -0.15) is 0 Å². The Morgan fingerprint density at radius 2 is 1.83 bits per heavy atom. The zero-order chi connectivity index (χ0) is 18.7. The molecule has 0 unspecified atom stereocenters. The molecule has 1 atom stereocenters. The van der Waals surface area contributed by atoms with Crippen molar-refractivity contribution in [3.8, 4) is 5.75 Å². The quantitative estimate of drug-likeness (QED) is 0.745. The number of aliphatic carboxylic acids is 1. The summed E-state index contributed by atoms with van der Waals surface area (Å²) in [6, 6.07) is 2.83. The number of hydrogen-bond acceptors (Lipinski definition) is 5. The second-order valence-electron chi connectivity index (χ2n) is 5.69. The van der Waals surface area contributed by atoms with Crippen LogP contribution in [-0.2, 0) is 14.8 Å². The van der Waals surface area contributed by atoms with Gasteiger partial charge >= 0.3 is 5.97 Å². The molecule has 1 aromatic rings. The van der Waals surface area contributed by atoms with Gasteiger partial charge in [0.15, 0.2) is 0 Å². The van der Waals surface area contributed by atoms with Crippen LogP contribution in [-0.4, -0.2) is 57.0 Å². The van der Waals surface area contributed by atoms with E-state index in [2.05, 4.69) is 5.32 Å². The molecule has 1 aromatic carbocycles. The first kappa shape index (κ1) is 19.9. The average molecular weight is 358 g/mol. The van der Waals surface area contributed by atoms with E-state index in [1.165, 1.54) is 39.4 Å². The zero-order valence-corrected chi connectivity index (χ0v) is 15.0. The molecule has 8 nitrogen and oxygen atoms in total. The van der Waals surface area contributed by atoms with Crippen LogP contribution in [0.4, 0.5) is 0 Å². The third-order valence-corrected chi connectivity index (χ3v) is 5.24. The first-order chi connectivity index (χ1) is 11.0. The van der Waals surface area contributed by atoms with E-state index in [1.54, 1.807) is 13.8 Å². The summed E-state index contributed by atoms with van der Waals surface area (Å²) in [7, 11) is 0.221. The molecular formula is C15H22N2O6S. The van der Waals surface area contributed by atoms with E-state index in [0.717, 1.165) is 4.31 Å². The highest BCUT2D eigenvalue weighted by molar-refractivity contribution is 7.89. The Labute approximate surface area is 141 Å². The molecule has 0 bridgehead atoms. The molecule has 0 radical (unpaired) electrons. The summed E-state index contributed by atoms with van der Waals surface area (Å²) in [6.45, 7) is 3.32. The lowest BCUT2D eigenvalue weighted by molar-refractivity contribution is -0.140. The van der Waals surface area contributed by atoms with Crippen LogP contribution in [0.5, 0.6) is 5.75 Å². The Bertz CT molecular complexity index is 727. The number of carbonyl (C=O) groups excluding carboxylic acids is 1. The van der Waals surface area contributed by atoms with Gasteiger partial charge < -0.3 is 15.2 Å². The third-order valence-electron chi connectivity index (χ3n) is 3.40. The van der Waals surface area contributed by atoms with Crippen LogP contribution in [0.3, 0.4) is 0 Å². The van der Waals surface area contributed by atoms with Crippen LogP contribution in [0.15, 0.2) is 23.1 Å². The van der Waals surface area contributed by atoms with Crippen molar-refractivity contribution in [2.45, 2.75) is 24.8 Å². The monoisotopic (exact) mass is 358 g/mol. The maximum Gasteiger partial charge on any atom is 0.326 e. The Morgan fingerprint density at radius 3 is 2.25 bits per heavy atom. The van der Waals surface area contributed by atoms with E-state index in [-0.39, 0.29) is 22.1 Å². The maximum atomic E-state index is 12.3. The fourth-order valence-electron chi connectivity index (χ4n) is 1.95. The number of hydrogen-bond donors (Lipinski definition) is 2. The van der Waals surface area contributed by atoms with Crippen LogP contribution in [0, 0.1) is 5.92 Å². The van der Waals surface area contributed by atoms with Gasteiger partial charge in [-0.25, -0.2) is 17.5 Å². The molecule has 0 spiro atoms. The average Bonchev–Trinajstić information content (AvgIpc) is 2.50. The molecule has 0 aliphatic rings. The van der Waals surface area contributed by atoms with Crippen LogP contribution in [0.1, 0.15) is 24.2 Å². The molecule has 0 fully saturated rings. The molecule has 0 aliphatic carbocycles. The van der Waals surface area contributed by atoms with Gasteiger partial charge in [0.2, 0.25) is 10.0 Å². The number of carboxylic acid groups (broad SMARTS) is 1. The van der Waals surface area contributed by atoms with Crippen LogP contribution < -0.4 is 10.1 Å². The van der Waals surface area contributed by atoms with Crippen molar-refractivity contribution >= 4 is 21.9 Å². The molecule has 1 rings (SSSR count). The number of nitrogens with one attached hydrogen (secondary N) is 1. The fraction of sp³-hybridized carbons (Fsp3) is 0.467. The highest BCUT2D eigenvalue weighted by atomic mass is 32.2. The smallest absolute Gasteiger partial charge is 0.326 e. The number of methoxy groups -OCH3 is 1. The number of amides is 1. The summed E-state index contributed by atoms with van der Waals surface area (Å²) in [5, 5.41) is 11.5. The van der Waals surface area contributed by atoms with Gasteiger partial charge in [-0.15, -0.1) is 0 Å². The summed E-state index contributed by atoms with van der Waals surface area (Å²) < 4.78 is 30.7. The van der Waals surface area contributed by atoms with Crippen molar-refractivity contribution in [2.75, 3.05) is 21.2 Å². The summed E-state index contributed by atoms with van der Waals surface area (Å²) in [6.07, 6.45) is 0. The molecule has 1 amide bonds. The number of carbonyl (C=O) groups is 2. The molecule has 134 valence electrons. The van der Waals surface area contributed by atoms with Gasteiger partial charge in [0.25, 0.3) is 5.91 Å². The number of carboxylic acids is 1. The Morgan fingerprint density at radius 1 is 1.25 bits per heavy atom. The highest BCUT2D eigenvalue weighted by Gasteiger charge is 2.27. The first-order valence-electron chi connectivity index (χ1n) is 7.16. The highest BCUT2D eigenvalue weighted by Crippen LogP contribution is 2.27. The summed E-state index contributed by atoms with van der Waals surface area (Å²) in [5.74, 6) is -2.06. The fourth-order valence-corrected chi connectivity index (χ4v) is 3.03. The molecule has 2 N–H and O–H groups in total. The minimum absolute atomic E-state index is 0.0307. The van der Waals surface area contributed by atoms with Crippen LogP contribution in [0.2, 0.25) is 0 Å².